The molecule has 0 amide bonds. The van der Waals surface area contributed by atoms with Crippen LogP contribution in [0, 0.1) is 29.1 Å². The van der Waals surface area contributed by atoms with Gasteiger partial charge in [-0.1, -0.05) is 29.3 Å². The van der Waals surface area contributed by atoms with E-state index in [4.69, 9.17) is 23.2 Å². The van der Waals surface area contributed by atoms with Crippen molar-refractivity contribution in [3.63, 3.8) is 0 Å². The van der Waals surface area contributed by atoms with Gasteiger partial charge in [0.05, 0.1) is 21.0 Å². The lowest BCUT2D eigenvalue weighted by molar-refractivity contribution is 0.356. The summed E-state index contributed by atoms with van der Waals surface area (Å²) in [5.74, 6) is -11.7. The summed E-state index contributed by atoms with van der Waals surface area (Å²) in [6.07, 6.45) is -0.160. The van der Waals surface area contributed by atoms with Gasteiger partial charge in [-0.25, -0.2) is 35.4 Å². The SMILES string of the molecule is O=S(=O)(c1c(F)c(F)c(F)c(F)c1F)C1CCN(c2nc(-c3ccc(Cl)c(Cl)c3)cs2)CC1. The van der Waals surface area contributed by atoms with E-state index in [0.717, 1.165) is 5.56 Å². The zero-order chi connectivity index (χ0) is 24.1. The van der Waals surface area contributed by atoms with Crippen molar-refractivity contribution < 1.29 is 30.4 Å². The molecule has 1 aliphatic rings. The molecule has 2 aromatic carbocycles. The fraction of sp³-hybridized carbons (Fsp3) is 0.250. The van der Waals surface area contributed by atoms with Crippen molar-refractivity contribution in [1.29, 1.82) is 0 Å². The van der Waals surface area contributed by atoms with E-state index >= 15 is 0 Å². The lowest BCUT2D eigenvalue weighted by Gasteiger charge is -2.31. The molecule has 0 bridgehead atoms. The molecule has 0 saturated carbocycles. The van der Waals surface area contributed by atoms with Gasteiger partial charge in [0.2, 0.25) is 5.82 Å². The summed E-state index contributed by atoms with van der Waals surface area (Å²) in [5.41, 5.74) is 1.36. The molecule has 1 aromatic heterocycles. The number of nitrogens with zero attached hydrogens (tertiary/aromatic N) is 2. The van der Waals surface area contributed by atoms with Crippen LogP contribution in [0.2, 0.25) is 10.0 Å². The minimum atomic E-state index is -4.80. The Balaban J connectivity index is 1.53. The summed E-state index contributed by atoms with van der Waals surface area (Å²) in [6, 6.07) is 5.04. The lowest BCUT2D eigenvalue weighted by atomic mass is 10.1. The molecule has 4 nitrogen and oxygen atoms in total. The Bertz CT molecular complexity index is 1310. The molecule has 0 N–H and O–H groups in total. The summed E-state index contributed by atoms with van der Waals surface area (Å²) in [5, 5.41) is 1.82. The highest BCUT2D eigenvalue weighted by atomic mass is 35.5. The van der Waals surface area contributed by atoms with Crippen LogP contribution in [0.1, 0.15) is 12.8 Å². The van der Waals surface area contributed by atoms with Crippen molar-refractivity contribution in [3.8, 4) is 11.3 Å². The monoisotopic (exact) mass is 542 g/mol. The zero-order valence-electron chi connectivity index (χ0n) is 16.4. The number of piperidine rings is 1. The number of benzene rings is 2. The molecule has 0 atom stereocenters. The maximum atomic E-state index is 14.1. The molecule has 0 aliphatic carbocycles. The molecule has 3 aromatic rings. The van der Waals surface area contributed by atoms with E-state index in [0.29, 0.717) is 20.9 Å². The molecule has 13 heteroatoms. The quantitative estimate of drug-likeness (QED) is 0.169. The lowest BCUT2D eigenvalue weighted by Crippen LogP contribution is -2.40. The third kappa shape index (κ3) is 4.31. The molecule has 0 spiro atoms. The second kappa shape index (κ2) is 9.01. The largest absolute Gasteiger partial charge is 0.348 e. The van der Waals surface area contributed by atoms with Gasteiger partial charge in [-0.15, -0.1) is 11.3 Å². The number of rotatable bonds is 4. The Labute approximate surface area is 199 Å². The number of anilines is 1. The first kappa shape index (κ1) is 24.2. The highest BCUT2D eigenvalue weighted by Gasteiger charge is 2.39. The maximum Gasteiger partial charge on any atom is 0.200 e. The number of aromatic nitrogens is 1. The van der Waals surface area contributed by atoms with Gasteiger partial charge in [-0.2, -0.15) is 0 Å². The van der Waals surface area contributed by atoms with E-state index in [2.05, 4.69) is 4.98 Å². The summed E-state index contributed by atoms with van der Waals surface area (Å²) in [6.45, 7) is 0.321. The van der Waals surface area contributed by atoms with Crippen LogP contribution in [-0.2, 0) is 9.84 Å². The van der Waals surface area contributed by atoms with Crippen LogP contribution < -0.4 is 4.90 Å². The van der Waals surface area contributed by atoms with Crippen LogP contribution in [0.3, 0.4) is 0 Å². The predicted octanol–water partition coefficient (Wildman–Crippen LogP) is 6.26. The second-order valence-corrected chi connectivity index (χ2v) is 11.1. The Morgan fingerprint density at radius 1 is 0.909 bits per heavy atom. The summed E-state index contributed by atoms with van der Waals surface area (Å²) >= 11 is 13.3. The Morgan fingerprint density at radius 2 is 1.48 bits per heavy atom. The van der Waals surface area contributed by atoms with Gasteiger partial charge in [0.15, 0.2) is 38.2 Å². The van der Waals surface area contributed by atoms with Gasteiger partial charge in [0.1, 0.15) is 4.90 Å². The number of hydrogen-bond acceptors (Lipinski definition) is 5. The van der Waals surface area contributed by atoms with Gasteiger partial charge in [-0.05, 0) is 25.0 Å². The third-order valence-electron chi connectivity index (χ3n) is 5.31. The second-order valence-electron chi connectivity index (χ2n) is 7.27. The summed E-state index contributed by atoms with van der Waals surface area (Å²) in [4.78, 5) is 4.52. The van der Waals surface area contributed by atoms with Crippen LogP contribution >= 0.6 is 34.5 Å². The van der Waals surface area contributed by atoms with Gasteiger partial charge in [-0.3, -0.25) is 0 Å². The van der Waals surface area contributed by atoms with Crippen LogP contribution in [-0.4, -0.2) is 31.7 Å². The molecule has 2 heterocycles. The highest BCUT2D eigenvalue weighted by Crippen LogP contribution is 2.35. The van der Waals surface area contributed by atoms with Crippen molar-refractivity contribution >= 4 is 49.5 Å². The fourth-order valence-electron chi connectivity index (χ4n) is 3.56. The summed E-state index contributed by atoms with van der Waals surface area (Å²) < 4.78 is 94.0. The van der Waals surface area contributed by atoms with Crippen molar-refractivity contribution in [2.45, 2.75) is 23.0 Å². The smallest absolute Gasteiger partial charge is 0.200 e. The average Bonchev–Trinajstić information content (AvgIpc) is 3.28. The topological polar surface area (TPSA) is 50.3 Å². The molecule has 0 radical (unpaired) electrons. The number of hydrogen-bond donors (Lipinski definition) is 0. The first-order valence-electron chi connectivity index (χ1n) is 9.43. The minimum absolute atomic E-state index is 0.0798. The first-order chi connectivity index (χ1) is 15.5. The average molecular weight is 543 g/mol. The normalized spacial score (nSPS) is 15.3. The Kier molecular flexibility index (Phi) is 6.60. The molecule has 1 fully saturated rings. The number of sulfone groups is 1. The van der Waals surface area contributed by atoms with E-state index < -0.39 is 49.1 Å². The van der Waals surface area contributed by atoms with E-state index in [1.54, 1.807) is 28.5 Å². The van der Waals surface area contributed by atoms with Crippen LogP contribution in [0.25, 0.3) is 11.3 Å². The summed E-state index contributed by atoms with van der Waals surface area (Å²) in [7, 11) is -4.80. The molecule has 1 saturated heterocycles. The molecule has 1 aliphatic heterocycles. The van der Waals surface area contributed by atoms with Gasteiger partial charge < -0.3 is 4.90 Å². The minimum Gasteiger partial charge on any atom is -0.348 e. The third-order valence-corrected chi connectivity index (χ3v) is 9.23. The van der Waals surface area contributed by atoms with Crippen molar-refractivity contribution in [1.82, 2.24) is 4.98 Å². The van der Waals surface area contributed by atoms with Gasteiger partial charge in [0, 0.05) is 24.0 Å². The van der Waals surface area contributed by atoms with E-state index in [1.165, 1.54) is 11.3 Å². The van der Waals surface area contributed by atoms with E-state index in [1.807, 2.05) is 0 Å². The van der Waals surface area contributed by atoms with Crippen LogP contribution in [0.4, 0.5) is 27.1 Å². The predicted molar refractivity (Wildman–Crippen MR) is 116 cm³/mol. The van der Waals surface area contributed by atoms with E-state index in [9.17, 15) is 30.4 Å². The molecule has 0 unspecified atom stereocenters. The standard InChI is InChI=1S/C20H13Cl2F5N2O2S2/c21-11-2-1-9(7-12(11)22)13-8-32-20(28-13)29-5-3-10(4-6-29)33(30,31)19-17(26)15(24)14(23)16(25)18(19)27/h1-2,7-8,10H,3-6H2. The zero-order valence-corrected chi connectivity index (χ0v) is 19.5. The van der Waals surface area contributed by atoms with E-state index in [-0.39, 0.29) is 25.9 Å². The number of thiazole rings is 1. The van der Waals surface area contributed by atoms with Crippen molar-refractivity contribution in [3.05, 3.63) is 62.7 Å². The van der Waals surface area contributed by atoms with Gasteiger partial charge in [0.25, 0.3) is 0 Å². The van der Waals surface area contributed by atoms with Crippen LogP contribution in [0.5, 0.6) is 0 Å². The molecular formula is C20H13Cl2F5N2O2S2. The maximum absolute atomic E-state index is 14.1. The van der Waals surface area contributed by atoms with Gasteiger partial charge >= 0.3 is 0 Å². The van der Waals surface area contributed by atoms with Crippen LogP contribution in [0.15, 0.2) is 28.5 Å². The Hall–Kier alpha value is -1.95. The number of halogens is 7. The molecule has 176 valence electrons. The molecular weight excluding hydrogens is 530 g/mol. The highest BCUT2D eigenvalue weighted by molar-refractivity contribution is 7.92. The Morgan fingerprint density at radius 3 is 2.06 bits per heavy atom. The van der Waals surface area contributed by atoms with Crippen molar-refractivity contribution in [2.24, 2.45) is 0 Å². The fourth-order valence-corrected chi connectivity index (χ4v) is 6.59. The van der Waals surface area contributed by atoms with Crippen molar-refractivity contribution in [2.75, 3.05) is 18.0 Å². The first-order valence-corrected chi connectivity index (χ1v) is 12.6. The molecule has 4 rings (SSSR count). The molecule has 33 heavy (non-hydrogen) atoms.